The first kappa shape index (κ1) is 15.3. The Morgan fingerprint density at radius 2 is 1.60 bits per heavy atom. The highest BCUT2D eigenvalue weighted by Gasteiger charge is 2.29. The van der Waals surface area contributed by atoms with Crippen molar-refractivity contribution in [1.82, 2.24) is 9.80 Å². The van der Waals surface area contributed by atoms with E-state index in [1.807, 2.05) is 9.80 Å². The molecule has 2 rings (SSSR count). The van der Waals surface area contributed by atoms with E-state index >= 15 is 0 Å². The fraction of sp³-hybridized carbons (Fsp3) is 0.867. The largest absolute Gasteiger partial charge is 0.384 e. The maximum Gasteiger partial charge on any atom is 0.225 e. The van der Waals surface area contributed by atoms with Crippen LogP contribution in [0.4, 0.5) is 0 Å². The highest BCUT2D eigenvalue weighted by molar-refractivity contribution is 5.80. The van der Waals surface area contributed by atoms with Crippen LogP contribution >= 0.6 is 0 Å². The smallest absolute Gasteiger partial charge is 0.225 e. The Balaban J connectivity index is 1.75. The van der Waals surface area contributed by atoms with Gasteiger partial charge in [0.05, 0.1) is 13.0 Å². The first-order valence-corrected chi connectivity index (χ1v) is 7.78. The summed E-state index contributed by atoms with van der Waals surface area (Å²) >= 11 is 0. The van der Waals surface area contributed by atoms with Gasteiger partial charge < -0.3 is 14.5 Å². The van der Waals surface area contributed by atoms with Crippen LogP contribution in [0.1, 0.15) is 38.5 Å². The van der Waals surface area contributed by atoms with Crippen LogP contribution in [0.3, 0.4) is 0 Å². The number of ether oxygens (including phenoxy) is 1. The van der Waals surface area contributed by atoms with Crippen molar-refractivity contribution in [2.45, 2.75) is 38.5 Å². The molecule has 1 heterocycles. The molecule has 0 bridgehead atoms. The summed E-state index contributed by atoms with van der Waals surface area (Å²) in [5.74, 6) is 0.685. The number of rotatable bonds is 4. The number of methoxy groups -OCH3 is 1. The van der Waals surface area contributed by atoms with Gasteiger partial charge in [0.1, 0.15) is 0 Å². The van der Waals surface area contributed by atoms with E-state index in [1.165, 1.54) is 19.3 Å². The number of carbonyl (C=O) groups is 2. The molecule has 0 radical (unpaired) electrons. The summed E-state index contributed by atoms with van der Waals surface area (Å²) in [6.45, 7) is 3.18. The minimum atomic E-state index is 0.136. The lowest BCUT2D eigenvalue weighted by molar-refractivity contribution is -0.143. The van der Waals surface area contributed by atoms with E-state index < -0.39 is 0 Å². The minimum Gasteiger partial charge on any atom is -0.384 e. The van der Waals surface area contributed by atoms with E-state index in [-0.39, 0.29) is 11.8 Å². The first-order chi connectivity index (χ1) is 9.72. The quantitative estimate of drug-likeness (QED) is 0.780. The molecule has 5 heteroatoms. The second kappa shape index (κ2) is 7.62. The normalized spacial score (nSPS) is 21.1. The van der Waals surface area contributed by atoms with Crippen LogP contribution < -0.4 is 0 Å². The molecular formula is C15H26N2O3. The third-order valence-corrected chi connectivity index (χ3v) is 4.42. The molecule has 1 saturated carbocycles. The van der Waals surface area contributed by atoms with Gasteiger partial charge in [0, 0.05) is 39.2 Å². The van der Waals surface area contributed by atoms with E-state index in [0.717, 1.165) is 12.8 Å². The predicted octanol–water partition coefficient (Wildman–Crippen LogP) is 1.27. The monoisotopic (exact) mass is 282 g/mol. The van der Waals surface area contributed by atoms with E-state index in [1.54, 1.807) is 7.11 Å². The lowest BCUT2D eigenvalue weighted by Gasteiger charge is -2.37. The van der Waals surface area contributed by atoms with Crippen molar-refractivity contribution in [3.63, 3.8) is 0 Å². The summed E-state index contributed by atoms with van der Waals surface area (Å²) in [6, 6.07) is 0. The van der Waals surface area contributed by atoms with Gasteiger partial charge in [0.25, 0.3) is 0 Å². The lowest BCUT2D eigenvalue weighted by atomic mass is 9.88. The van der Waals surface area contributed by atoms with Gasteiger partial charge in [-0.1, -0.05) is 19.3 Å². The summed E-state index contributed by atoms with van der Waals surface area (Å²) in [5.41, 5.74) is 0. The zero-order valence-corrected chi connectivity index (χ0v) is 12.5. The topological polar surface area (TPSA) is 49.9 Å². The summed E-state index contributed by atoms with van der Waals surface area (Å²) in [7, 11) is 1.61. The zero-order chi connectivity index (χ0) is 14.4. The van der Waals surface area contributed by atoms with E-state index in [2.05, 4.69) is 0 Å². The van der Waals surface area contributed by atoms with Crippen LogP contribution in [-0.4, -0.2) is 61.5 Å². The number of amides is 2. The molecule has 1 aliphatic heterocycles. The average Bonchev–Trinajstić information content (AvgIpc) is 2.53. The summed E-state index contributed by atoms with van der Waals surface area (Å²) in [6.07, 6.45) is 6.17. The van der Waals surface area contributed by atoms with Gasteiger partial charge in [-0.3, -0.25) is 9.59 Å². The molecule has 0 N–H and O–H groups in total. The Morgan fingerprint density at radius 3 is 2.20 bits per heavy atom. The Bertz CT molecular complexity index is 332. The summed E-state index contributed by atoms with van der Waals surface area (Å²) in [4.78, 5) is 28.1. The fourth-order valence-electron chi connectivity index (χ4n) is 3.13. The van der Waals surface area contributed by atoms with Crippen LogP contribution in [0.15, 0.2) is 0 Å². The van der Waals surface area contributed by atoms with Crippen molar-refractivity contribution in [3.05, 3.63) is 0 Å². The van der Waals surface area contributed by atoms with Crippen molar-refractivity contribution in [3.8, 4) is 0 Å². The molecule has 5 nitrogen and oxygen atoms in total. The first-order valence-electron chi connectivity index (χ1n) is 7.78. The third kappa shape index (κ3) is 3.95. The van der Waals surface area contributed by atoms with E-state index in [0.29, 0.717) is 45.1 Å². The van der Waals surface area contributed by atoms with Gasteiger partial charge in [0.15, 0.2) is 0 Å². The maximum atomic E-state index is 12.4. The summed E-state index contributed by atoms with van der Waals surface area (Å²) < 4.78 is 4.93. The lowest BCUT2D eigenvalue weighted by Crippen LogP contribution is -2.52. The van der Waals surface area contributed by atoms with Gasteiger partial charge in [0.2, 0.25) is 11.8 Å². The Kier molecular flexibility index (Phi) is 5.83. The second-order valence-electron chi connectivity index (χ2n) is 5.78. The summed E-state index contributed by atoms with van der Waals surface area (Å²) in [5, 5.41) is 0. The number of piperazine rings is 1. The molecule has 0 spiro atoms. The van der Waals surface area contributed by atoms with Crippen LogP contribution in [-0.2, 0) is 14.3 Å². The number of nitrogens with zero attached hydrogens (tertiary/aromatic N) is 2. The van der Waals surface area contributed by atoms with Crippen LogP contribution in [0, 0.1) is 5.92 Å². The van der Waals surface area contributed by atoms with Gasteiger partial charge in [-0.05, 0) is 12.8 Å². The van der Waals surface area contributed by atoms with Gasteiger partial charge >= 0.3 is 0 Å². The van der Waals surface area contributed by atoms with Crippen molar-refractivity contribution < 1.29 is 14.3 Å². The van der Waals surface area contributed by atoms with Gasteiger partial charge in [-0.15, -0.1) is 0 Å². The average molecular weight is 282 g/mol. The molecule has 1 saturated heterocycles. The fourth-order valence-corrected chi connectivity index (χ4v) is 3.13. The molecule has 1 aliphatic carbocycles. The van der Waals surface area contributed by atoms with E-state index in [4.69, 9.17) is 4.74 Å². The van der Waals surface area contributed by atoms with Gasteiger partial charge in [-0.2, -0.15) is 0 Å². The number of hydrogen-bond acceptors (Lipinski definition) is 3. The molecule has 0 atom stereocenters. The van der Waals surface area contributed by atoms with Crippen molar-refractivity contribution in [2.75, 3.05) is 39.9 Å². The third-order valence-electron chi connectivity index (χ3n) is 4.42. The molecule has 2 aliphatic rings. The van der Waals surface area contributed by atoms with Crippen molar-refractivity contribution in [1.29, 1.82) is 0 Å². The van der Waals surface area contributed by atoms with Crippen molar-refractivity contribution >= 4 is 11.8 Å². The highest BCUT2D eigenvalue weighted by Crippen LogP contribution is 2.25. The predicted molar refractivity (Wildman–Crippen MR) is 76.2 cm³/mol. The van der Waals surface area contributed by atoms with Gasteiger partial charge in [-0.25, -0.2) is 0 Å². The molecule has 0 aromatic carbocycles. The van der Waals surface area contributed by atoms with Crippen LogP contribution in [0.25, 0.3) is 0 Å². The molecular weight excluding hydrogens is 256 g/mol. The Morgan fingerprint density at radius 1 is 1.00 bits per heavy atom. The molecule has 0 aromatic rings. The maximum absolute atomic E-state index is 12.4. The van der Waals surface area contributed by atoms with Crippen LogP contribution in [0.5, 0.6) is 0 Å². The minimum absolute atomic E-state index is 0.136. The second-order valence-corrected chi connectivity index (χ2v) is 5.78. The van der Waals surface area contributed by atoms with Crippen molar-refractivity contribution in [2.24, 2.45) is 5.92 Å². The van der Waals surface area contributed by atoms with E-state index in [9.17, 15) is 9.59 Å². The molecule has 20 heavy (non-hydrogen) atoms. The zero-order valence-electron chi connectivity index (χ0n) is 12.5. The number of carbonyl (C=O) groups excluding carboxylic acids is 2. The molecule has 2 fully saturated rings. The SMILES string of the molecule is COCCC(=O)N1CCN(C(=O)C2CCCCC2)CC1. The molecule has 0 unspecified atom stereocenters. The molecule has 0 aromatic heterocycles. The van der Waals surface area contributed by atoms with Crippen LogP contribution in [0.2, 0.25) is 0 Å². The standard InChI is InChI=1S/C15H26N2O3/c1-20-12-7-14(18)16-8-10-17(11-9-16)15(19)13-5-3-2-4-6-13/h13H,2-12H2,1H3. The highest BCUT2D eigenvalue weighted by atomic mass is 16.5. The number of hydrogen-bond donors (Lipinski definition) is 0. The molecule has 2 amide bonds. The molecule has 114 valence electrons. The Labute approximate surface area is 121 Å². The Hall–Kier alpha value is -1.10.